The molecule has 9 heteroatoms. The van der Waals surface area contributed by atoms with Gasteiger partial charge in [0.15, 0.2) is 10.7 Å². The number of nitrogens with two attached hydrogens (primary N) is 2. The normalized spacial score (nSPS) is 16.4. The van der Waals surface area contributed by atoms with Crippen LogP contribution in [0.15, 0.2) is 89.8 Å². The van der Waals surface area contributed by atoms with Crippen molar-refractivity contribution < 1.29 is 22.7 Å². The standard InChI is InChI=1S/C29H33N3O5S/c30-26(21-23-11-13-24(14-12-23)28(34)32-17-19-37-20-18-32)27(33)29(31,16-15-22-7-3-1-4-8-22)38(35,36)25-9-5-2-6-10-25/h1-14,26H,15-21,30-31H2/t26-,29-/m0/s1. The van der Waals surface area contributed by atoms with E-state index in [4.69, 9.17) is 16.2 Å². The Kier molecular flexibility index (Phi) is 8.73. The van der Waals surface area contributed by atoms with Crippen molar-refractivity contribution in [3.8, 4) is 0 Å². The summed E-state index contributed by atoms with van der Waals surface area (Å²) >= 11 is 0. The number of aryl methyl sites for hydroxylation is 1. The Hall–Kier alpha value is -3.37. The van der Waals surface area contributed by atoms with E-state index >= 15 is 0 Å². The molecule has 0 saturated carbocycles. The molecule has 1 aliphatic heterocycles. The number of carbonyl (C=O) groups excluding carboxylic acids is 2. The van der Waals surface area contributed by atoms with Crippen LogP contribution in [0.3, 0.4) is 0 Å². The monoisotopic (exact) mass is 535 g/mol. The van der Waals surface area contributed by atoms with Crippen LogP contribution in [-0.2, 0) is 32.2 Å². The SMILES string of the molecule is N[C@@H](Cc1ccc(C(=O)N2CCOCC2)cc1)C(=O)[C@](N)(CCc1ccccc1)S(=O)(=O)c1ccccc1. The molecule has 4 rings (SSSR count). The number of nitrogens with zero attached hydrogens (tertiary/aromatic N) is 1. The number of rotatable bonds is 10. The van der Waals surface area contributed by atoms with Crippen LogP contribution in [0.1, 0.15) is 27.9 Å². The Bertz CT molecular complexity index is 1340. The van der Waals surface area contributed by atoms with Crippen molar-refractivity contribution in [2.45, 2.75) is 35.1 Å². The molecule has 1 aliphatic rings. The minimum Gasteiger partial charge on any atom is -0.378 e. The number of ether oxygens (including phenoxy) is 1. The van der Waals surface area contributed by atoms with Crippen molar-refractivity contribution in [3.05, 3.63) is 102 Å². The summed E-state index contributed by atoms with van der Waals surface area (Å²) < 4.78 is 32.7. The first kappa shape index (κ1) is 27.7. The third-order valence-corrected chi connectivity index (χ3v) is 9.13. The van der Waals surface area contributed by atoms with Crippen molar-refractivity contribution >= 4 is 21.5 Å². The molecule has 3 aromatic rings. The number of benzene rings is 3. The molecule has 0 unspecified atom stereocenters. The van der Waals surface area contributed by atoms with Crippen molar-refractivity contribution in [1.29, 1.82) is 0 Å². The maximum atomic E-state index is 13.7. The number of hydrogen-bond donors (Lipinski definition) is 2. The molecule has 4 N–H and O–H groups in total. The molecule has 0 bridgehead atoms. The van der Waals surface area contributed by atoms with Gasteiger partial charge in [-0.1, -0.05) is 60.7 Å². The fourth-order valence-electron chi connectivity index (χ4n) is 4.57. The first-order valence-corrected chi connectivity index (χ1v) is 14.1. The van der Waals surface area contributed by atoms with Gasteiger partial charge in [0.25, 0.3) is 5.91 Å². The Balaban J connectivity index is 1.54. The zero-order valence-corrected chi connectivity index (χ0v) is 22.0. The molecular weight excluding hydrogens is 502 g/mol. The number of amides is 1. The van der Waals surface area contributed by atoms with E-state index in [9.17, 15) is 18.0 Å². The van der Waals surface area contributed by atoms with Gasteiger partial charge in [0, 0.05) is 18.7 Å². The van der Waals surface area contributed by atoms with Crippen molar-refractivity contribution in [2.24, 2.45) is 11.5 Å². The summed E-state index contributed by atoms with van der Waals surface area (Å²) in [5, 5.41) is 0. The molecule has 0 aliphatic carbocycles. The fourth-order valence-corrected chi connectivity index (χ4v) is 6.29. The van der Waals surface area contributed by atoms with Crippen molar-refractivity contribution in [2.75, 3.05) is 26.3 Å². The van der Waals surface area contributed by atoms with E-state index in [1.54, 1.807) is 47.4 Å². The quantitative estimate of drug-likeness (QED) is 0.407. The van der Waals surface area contributed by atoms with E-state index in [0.29, 0.717) is 43.9 Å². The van der Waals surface area contributed by atoms with Crippen molar-refractivity contribution in [3.63, 3.8) is 0 Å². The topological polar surface area (TPSA) is 133 Å². The van der Waals surface area contributed by atoms with Gasteiger partial charge in [-0.05, 0) is 54.7 Å². The van der Waals surface area contributed by atoms with Gasteiger partial charge in [-0.2, -0.15) is 0 Å². The highest BCUT2D eigenvalue weighted by atomic mass is 32.2. The molecule has 2 atom stereocenters. The molecule has 3 aromatic carbocycles. The Labute approximate surface area is 223 Å². The van der Waals surface area contributed by atoms with Gasteiger partial charge in [0.2, 0.25) is 9.84 Å². The Morgan fingerprint density at radius 1 is 0.868 bits per heavy atom. The molecule has 8 nitrogen and oxygen atoms in total. The highest BCUT2D eigenvalue weighted by Gasteiger charge is 2.49. The summed E-state index contributed by atoms with van der Waals surface area (Å²) in [6, 6.07) is 22.7. The lowest BCUT2D eigenvalue weighted by molar-refractivity contribution is -0.122. The van der Waals surface area contributed by atoms with E-state index in [-0.39, 0.29) is 23.6 Å². The maximum Gasteiger partial charge on any atom is 0.254 e. The van der Waals surface area contributed by atoms with E-state index in [1.165, 1.54) is 12.1 Å². The van der Waals surface area contributed by atoms with Crippen LogP contribution in [0.2, 0.25) is 0 Å². The molecule has 1 saturated heterocycles. The molecule has 200 valence electrons. The third-order valence-electron chi connectivity index (χ3n) is 6.87. The van der Waals surface area contributed by atoms with E-state index in [2.05, 4.69) is 0 Å². The lowest BCUT2D eigenvalue weighted by Gasteiger charge is -2.30. The second-order valence-corrected chi connectivity index (χ2v) is 11.7. The first-order chi connectivity index (χ1) is 18.2. The lowest BCUT2D eigenvalue weighted by Crippen LogP contribution is -2.60. The second-order valence-electron chi connectivity index (χ2n) is 9.47. The first-order valence-electron chi connectivity index (χ1n) is 12.6. The predicted molar refractivity (Wildman–Crippen MR) is 145 cm³/mol. The Morgan fingerprint density at radius 2 is 1.45 bits per heavy atom. The van der Waals surface area contributed by atoms with Gasteiger partial charge in [-0.15, -0.1) is 0 Å². The largest absolute Gasteiger partial charge is 0.378 e. The molecule has 0 aromatic heterocycles. The molecule has 1 fully saturated rings. The zero-order valence-electron chi connectivity index (χ0n) is 21.2. The number of Topliss-reactive ketones (excluding diaryl/α,β-unsaturated/α-hetero) is 1. The minimum atomic E-state index is -4.25. The number of carbonyl (C=O) groups is 2. The lowest BCUT2D eigenvalue weighted by atomic mass is 9.94. The van der Waals surface area contributed by atoms with Crippen LogP contribution in [-0.4, -0.2) is 62.2 Å². The van der Waals surface area contributed by atoms with Crippen LogP contribution in [0.25, 0.3) is 0 Å². The highest BCUT2D eigenvalue weighted by molar-refractivity contribution is 7.93. The van der Waals surface area contributed by atoms with Crippen LogP contribution < -0.4 is 11.5 Å². The van der Waals surface area contributed by atoms with Gasteiger partial charge < -0.3 is 21.1 Å². The van der Waals surface area contributed by atoms with Gasteiger partial charge in [-0.3, -0.25) is 9.59 Å². The zero-order chi connectivity index (χ0) is 27.2. The number of sulfone groups is 1. The molecular formula is C29H33N3O5S. The molecule has 1 heterocycles. The van der Waals surface area contributed by atoms with Gasteiger partial charge in [0.05, 0.1) is 24.2 Å². The van der Waals surface area contributed by atoms with E-state index in [0.717, 1.165) is 5.56 Å². The van der Waals surface area contributed by atoms with Crippen LogP contribution in [0, 0.1) is 0 Å². The summed E-state index contributed by atoms with van der Waals surface area (Å²) in [5.74, 6) is -0.832. The predicted octanol–water partition coefficient (Wildman–Crippen LogP) is 2.36. The molecule has 0 spiro atoms. The van der Waals surface area contributed by atoms with E-state index < -0.39 is 26.5 Å². The summed E-state index contributed by atoms with van der Waals surface area (Å²) in [5.41, 5.74) is 14.9. The maximum absolute atomic E-state index is 13.7. The third kappa shape index (κ3) is 6.02. The summed E-state index contributed by atoms with van der Waals surface area (Å²) in [6.07, 6.45) is 0.257. The molecule has 1 amide bonds. The number of morpholine rings is 1. The van der Waals surface area contributed by atoms with Gasteiger partial charge in [-0.25, -0.2) is 8.42 Å². The second kappa shape index (κ2) is 12.0. The highest BCUT2D eigenvalue weighted by Crippen LogP contribution is 2.29. The average Bonchev–Trinajstić information content (AvgIpc) is 2.97. The van der Waals surface area contributed by atoms with Crippen LogP contribution in [0.5, 0.6) is 0 Å². The van der Waals surface area contributed by atoms with Crippen molar-refractivity contribution in [1.82, 2.24) is 4.90 Å². The molecule has 38 heavy (non-hydrogen) atoms. The summed E-state index contributed by atoms with van der Waals surface area (Å²) in [4.78, 5) is 25.9. The van der Waals surface area contributed by atoms with Gasteiger partial charge >= 0.3 is 0 Å². The number of hydrogen-bond acceptors (Lipinski definition) is 7. The fraction of sp³-hybridized carbons (Fsp3) is 0.310. The van der Waals surface area contributed by atoms with Crippen LogP contribution in [0.4, 0.5) is 0 Å². The van der Waals surface area contributed by atoms with Gasteiger partial charge in [0.1, 0.15) is 0 Å². The van der Waals surface area contributed by atoms with E-state index in [1.807, 2.05) is 30.3 Å². The van der Waals surface area contributed by atoms with Crippen LogP contribution >= 0.6 is 0 Å². The summed E-state index contributed by atoms with van der Waals surface area (Å²) in [6.45, 7) is 2.10. The average molecular weight is 536 g/mol. The minimum absolute atomic E-state index is 0.0258. The summed E-state index contributed by atoms with van der Waals surface area (Å²) in [7, 11) is -4.25. The smallest absolute Gasteiger partial charge is 0.254 e. The Morgan fingerprint density at radius 3 is 2.05 bits per heavy atom. The molecule has 0 radical (unpaired) electrons. The number of ketones is 1.